The van der Waals surface area contributed by atoms with Gasteiger partial charge in [0.25, 0.3) is 0 Å². The number of hydrogen-bond donors (Lipinski definition) is 0. The molecule has 0 heterocycles. The van der Waals surface area contributed by atoms with E-state index in [-0.39, 0.29) is 12.4 Å². The van der Waals surface area contributed by atoms with Gasteiger partial charge < -0.3 is 4.74 Å². The number of rotatable bonds is 6. The molecule has 0 saturated carbocycles. The van der Waals surface area contributed by atoms with E-state index in [1.165, 1.54) is 0 Å². The molecule has 0 spiro atoms. The van der Waals surface area contributed by atoms with Crippen LogP contribution >= 0.6 is 23.2 Å². The Morgan fingerprint density at radius 1 is 1.38 bits per heavy atom. The van der Waals surface area contributed by atoms with E-state index in [2.05, 4.69) is 0 Å². The third-order valence-electron chi connectivity index (χ3n) is 2.01. The van der Waals surface area contributed by atoms with Crippen molar-refractivity contribution in [2.75, 3.05) is 13.2 Å². The van der Waals surface area contributed by atoms with Crippen molar-refractivity contribution in [3.63, 3.8) is 0 Å². The maximum atomic E-state index is 11.5. The molecule has 0 saturated heterocycles. The van der Waals surface area contributed by atoms with Gasteiger partial charge in [-0.05, 0) is 24.1 Å². The fourth-order valence-corrected chi connectivity index (χ4v) is 1.73. The molecule has 0 unspecified atom stereocenters. The van der Waals surface area contributed by atoms with Crippen LogP contribution < -0.4 is 0 Å². The molecule has 0 aromatic heterocycles. The second-order valence-electron chi connectivity index (χ2n) is 3.50. The number of hydrogen-bond acceptors (Lipinski definition) is 2. The van der Waals surface area contributed by atoms with Crippen LogP contribution in [0.15, 0.2) is 18.2 Å². The van der Waals surface area contributed by atoms with Gasteiger partial charge in [0.15, 0.2) is 5.78 Å². The molecule has 0 fully saturated rings. The minimum Gasteiger partial charge on any atom is -0.374 e. The van der Waals surface area contributed by atoms with Crippen LogP contribution in [0.3, 0.4) is 0 Å². The summed E-state index contributed by atoms with van der Waals surface area (Å²) in [6.07, 6.45) is 1.20. The predicted molar refractivity (Wildman–Crippen MR) is 66.3 cm³/mol. The lowest BCUT2D eigenvalue weighted by atomic mass is 10.1. The van der Waals surface area contributed by atoms with E-state index in [1.54, 1.807) is 18.2 Å². The minimum atomic E-state index is 0.0256. The van der Waals surface area contributed by atoms with E-state index in [1.807, 2.05) is 6.92 Å². The zero-order valence-corrected chi connectivity index (χ0v) is 10.6. The Labute approximate surface area is 106 Å². The molecule has 0 aliphatic rings. The minimum absolute atomic E-state index is 0.0256. The van der Waals surface area contributed by atoms with E-state index in [0.29, 0.717) is 23.1 Å². The number of ketones is 1. The first-order valence-electron chi connectivity index (χ1n) is 5.17. The molecule has 0 amide bonds. The average Bonchev–Trinajstić information content (AvgIpc) is 2.23. The van der Waals surface area contributed by atoms with Crippen LogP contribution in [-0.4, -0.2) is 19.0 Å². The molecule has 0 bridgehead atoms. The van der Waals surface area contributed by atoms with Gasteiger partial charge >= 0.3 is 0 Å². The smallest absolute Gasteiger partial charge is 0.162 e. The van der Waals surface area contributed by atoms with Crippen molar-refractivity contribution in [2.24, 2.45) is 0 Å². The van der Waals surface area contributed by atoms with Crippen LogP contribution in [0.1, 0.15) is 18.9 Å². The lowest BCUT2D eigenvalue weighted by Crippen LogP contribution is -2.12. The summed E-state index contributed by atoms with van der Waals surface area (Å²) in [4.78, 5) is 11.5. The van der Waals surface area contributed by atoms with Crippen molar-refractivity contribution in [1.29, 1.82) is 0 Å². The third kappa shape index (κ3) is 4.52. The number of halogens is 2. The fourth-order valence-electron chi connectivity index (χ4n) is 1.26. The summed E-state index contributed by atoms with van der Waals surface area (Å²) in [5.74, 6) is 0.0256. The second-order valence-corrected chi connectivity index (χ2v) is 4.35. The second kappa shape index (κ2) is 6.89. The molecular formula is C12H14Cl2O2. The predicted octanol–water partition coefficient (Wildman–Crippen LogP) is 3.53. The Hall–Kier alpha value is -0.570. The molecule has 1 aromatic rings. The Morgan fingerprint density at radius 3 is 2.75 bits per heavy atom. The van der Waals surface area contributed by atoms with Gasteiger partial charge in [0.2, 0.25) is 0 Å². The number of ether oxygens (including phenoxy) is 1. The summed E-state index contributed by atoms with van der Waals surface area (Å²) in [7, 11) is 0. The summed E-state index contributed by atoms with van der Waals surface area (Å²) >= 11 is 11.7. The van der Waals surface area contributed by atoms with Crippen LogP contribution in [0, 0.1) is 0 Å². The Morgan fingerprint density at radius 2 is 2.12 bits per heavy atom. The van der Waals surface area contributed by atoms with Gasteiger partial charge in [-0.2, -0.15) is 0 Å². The number of benzene rings is 1. The molecule has 1 rings (SSSR count). The molecule has 2 nitrogen and oxygen atoms in total. The molecule has 4 heteroatoms. The van der Waals surface area contributed by atoms with Crippen molar-refractivity contribution >= 4 is 29.0 Å². The van der Waals surface area contributed by atoms with Gasteiger partial charge in [-0.3, -0.25) is 4.79 Å². The first kappa shape index (κ1) is 13.5. The monoisotopic (exact) mass is 260 g/mol. The van der Waals surface area contributed by atoms with Crippen molar-refractivity contribution in [3.8, 4) is 0 Å². The molecule has 88 valence electrons. The van der Waals surface area contributed by atoms with Gasteiger partial charge in [-0.15, -0.1) is 0 Å². The molecule has 0 aliphatic carbocycles. The number of Topliss-reactive ketones (excluding diaryl/α,β-unsaturated/α-hetero) is 1. The van der Waals surface area contributed by atoms with E-state index in [9.17, 15) is 4.79 Å². The van der Waals surface area contributed by atoms with Crippen molar-refractivity contribution in [2.45, 2.75) is 19.8 Å². The van der Waals surface area contributed by atoms with Gasteiger partial charge in [-0.1, -0.05) is 36.2 Å². The summed E-state index contributed by atoms with van der Waals surface area (Å²) < 4.78 is 5.16. The summed E-state index contributed by atoms with van der Waals surface area (Å²) in [5.41, 5.74) is 0.788. The molecule has 16 heavy (non-hydrogen) atoms. The van der Waals surface area contributed by atoms with Crippen LogP contribution in [0.2, 0.25) is 10.0 Å². The first-order chi connectivity index (χ1) is 7.63. The molecule has 0 atom stereocenters. The molecule has 0 aliphatic heterocycles. The molecule has 1 aromatic carbocycles. The summed E-state index contributed by atoms with van der Waals surface area (Å²) in [5, 5.41) is 1.10. The van der Waals surface area contributed by atoms with E-state index < -0.39 is 0 Å². The van der Waals surface area contributed by atoms with Gasteiger partial charge in [0.05, 0.1) is 0 Å². The van der Waals surface area contributed by atoms with Crippen LogP contribution in [-0.2, 0) is 16.0 Å². The Bertz CT molecular complexity index is 364. The van der Waals surface area contributed by atoms with E-state index in [4.69, 9.17) is 27.9 Å². The summed E-state index contributed by atoms with van der Waals surface area (Å²) in [6.45, 7) is 2.76. The maximum Gasteiger partial charge on any atom is 0.162 e. The highest BCUT2D eigenvalue weighted by molar-refractivity contribution is 6.35. The number of carbonyl (C=O) groups is 1. The topological polar surface area (TPSA) is 26.3 Å². The highest BCUT2D eigenvalue weighted by Gasteiger charge is 2.07. The first-order valence-corrected chi connectivity index (χ1v) is 5.92. The third-order valence-corrected chi connectivity index (χ3v) is 2.60. The molecular weight excluding hydrogens is 247 g/mol. The maximum absolute atomic E-state index is 11.5. The SMILES string of the molecule is CCCOCC(=O)Cc1ccc(Cl)cc1Cl. The number of carbonyl (C=O) groups excluding carboxylic acids is 1. The lowest BCUT2D eigenvalue weighted by molar-refractivity contribution is -0.122. The Balaban J connectivity index is 2.49. The van der Waals surface area contributed by atoms with E-state index in [0.717, 1.165) is 12.0 Å². The largest absolute Gasteiger partial charge is 0.374 e. The lowest BCUT2D eigenvalue weighted by Gasteiger charge is -2.04. The van der Waals surface area contributed by atoms with Crippen LogP contribution in [0.5, 0.6) is 0 Å². The quantitative estimate of drug-likeness (QED) is 0.732. The zero-order valence-electron chi connectivity index (χ0n) is 9.13. The molecule has 0 radical (unpaired) electrons. The van der Waals surface area contributed by atoms with Gasteiger partial charge in [0.1, 0.15) is 6.61 Å². The fraction of sp³-hybridized carbons (Fsp3) is 0.417. The highest BCUT2D eigenvalue weighted by Crippen LogP contribution is 2.21. The van der Waals surface area contributed by atoms with Gasteiger partial charge in [-0.25, -0.2) is 0 Å². The van der Waals surface area contributed by atoms with Crippen molar-refractivity contribution < 1.29 is 9.53 Å². The highest BCUT2D eigenvalue weighted by atomic mass is 35.5. The van der Waals surface area contributed by atoms with Gasteiger partial charge in [0, 0.05) is 23.1 Å². The Kier molecular flexibility index (Phi) is 5.81. The van der Waals surface area contributed by atoms with Crippen molar-refractivity contribution in [3.05, 3.63) is 33.8 Å². The normalized spacial score (nSPS) is 10.4. The van der Waals surface area contributed by atoms with Crippen LogP contribution in [0.4, 0.5) is 0 Å². The van der Waals surface area contributed by atoms with Crippen LogP contribution in [0.25, 0.3) is 0 Å². The average molecular weight is 261 g/mol. The van der Waals surface area contributed by atoms with E-state index >= 15 is 0 Å². The summed E-state index contributed by atoms with van der Waals surface area (Å²) in [6, 6.07) is 5.13. The molecule has 0 N–H and O–H groups in total. The van der Waals surface area contributed by atoms with Crippen molar-refractivity contribution in [1.82, 2.24) is 0 Å². The standard InChI is InChI=1S/C12H14Cl2O2/c1-2-5-16-8-11(15)6-9-3-4-10(13)7-12(9)14/h3-4,7H,2,5-6,8H2,1H3. The zero-order chi connectivity index (χ0) is 12.0.